The minimum absolute atomic E-state index is 0.0904. The van der Waals surface area contributed by atoms with Gasteiger partial charge in [-0.2, -0.15) is 5.21 Å². The summed E-state index contributed by atoms with van der Waals surface area (Å²) in [6, 6.07) is 16.0. The zero-order valence-corrected chi connectivity index (χ0v) is 17.4. The molecule has 0 saturated heterocycles. The van der Waals surface area contributed by atoms with E-state index >= 15 is 0 Å². The van der Waals surface area contributed by atoms with E-state index in [1.165, 1.54) is 0 Å². The fourth-order valence-corrected chi connectivity index (χ4v) is 3.76. The highest BCUT2D eigenvalue weighted by molar-refractivity contribution is 6.30. The number of nitrogens with zero attached hydrogens (tertiary/aromatic N) is 5. The number of unbranched alkanes of at least 4 members (excludes halogenated alkanes) is 1. The van der Waals surface area contributed by atoms with Crippen LogP contribution in [0, 0.1) is 0 Å². The van der Waals surface area contributed by atoms with E-state index in [4.69, 9.17) is 14.4 Å². The van der Waals surface area contributed by atoms with Crippen LogP contribution in [-0.2, 0) is 19.6 Å². The largest absolute Gasteiger partial charge is 0.390 e. The van der Waals surface area contributed by atoms with Crippen LogP contribution < -0.4 is 0 Å². The van der Waals surface area contributed by atoms with Crippen LogP contribution in [0.2, 0.25) is 6.56 Å². The zero-order chi connectivity index (χ0) is 22.5. The highest BCUT2D eigenvalue weighted by atomic mass is 35.5. The van der Waals surface area contributed by atoms with Gasteiger partial charge in [0.1, 0.15) is 5.82 Å². The Labute approximate surface area is 182 Å². The van der Waals surface area contributed by atoms with E-state index in [0.29, 0.717) is 28.4 Å². The smallest absolute Gasteiger partial charge is 0.216 e. The van der Waals surface area contributed by atoms with Gasteiger partial charge >= 0.3 is 0 Å². The lowest BCUT2D eigenvalue weighted by Crippen LogP contribution is -2.09. The molecule has 2 N–H and O–H groups in total. The number of nitrogens with one attached hydrogen (secondary N) is 1. The summed E-state index contributed by atoms with van der Waals surface area (Å²) in [7, 11) is 0. The van der Waals surface area contributed by atoms with E-state index in [0.717, 1.165) is 47.3 Å². The number of H-pyrrole nitrogens is 1. The van der Waals surface area contributed by atoms with Gasteiger partial charge < -0.3 is 9.68 Å². The molecule has 4 rings (SSSR count). The molecule has 2 aromatic carbocycles. The van der Waals surface area contributed by atoms with E-state index < -0.39 is 0 Å². The Hall–Kier alpha value is -3.03. The lowest BCUT2D eigenvalue weighted by Gasteiger charge is -2.12. The number of aryl methyl sites for hydroxylation is 1. The van der Waals surface area contributed by atoms with Gasteiger partial charge in [0.15, 0.2) is 5.15 Å². The predicted molar refractivity (Wildman–Crippen MR) is 116 cm³/mol. The molecule has 0 radical (unpaired) electrons. The van der Waals surface area contributed by atoms with E-state index in [1.54, 1.807) is 0 Å². The number of aliphatic hydroxyl groups excluding tert-OH is 1. The molecule has 0 atom stereocenters. The fourth-order valence-electron chi connectivity index (χ4n) is 3.51. The topological polar surface area (TPSA) is 92.5 Å². The first kappa shape index (κ1) is 17.8. The van der Waals surface area contributed by atoms with Crippen molar-refractivity contribution >= 4 is 11.6 Å². The second kappa shape index (κ2) is 9.19. The molecule has 0 aliphatic heterocycles. The van der Waals surface area contributed by atoms with Gasteiger partial charge in [0, 0.05) is 18.5 Å². The van der Waals surface area contributed by atoms with Crippen molar-refractivity contribution in [3.8, 4) is 22.5 Å². The van der Waals surface area contributed by atoms with Crippen LogP contribution in [0.3, 0.4) is 0 Å². The lowest BCUT2D eigenvalue weighted by atomic mass is 9.98. The second-order valence-electron chi connectivity index (χ2n) is 7.04. The molecule has 7 nitrogen and oxygen atoms in total. The van der Waals surface area contributed by atoms with Crippen molar-refractivity contribution in [3.05, 3.63) is 70.8 Å². The molecule has 0 aliphatic rings. The average Bonchev–Trinajstić information content (AvgIpc) is 3.37. The normalized spacial score (nSPS) is 12.1. The summed E-state index contributed by atoms with van der Waals surface area (Å²) in [4.78, 5) is 4.50. The van der Waals surface area contributed by atoms with Crippen LogP contribution in [0.5, 0.6) is 0 Å². The van der Waals surface area contributed by atoms with Crippen molar-refractivity contribution in [2.24, 2.45) is 0 Å². The van der Waals surface area contributed by atoms with Crippen LogP contribution in [0.15, 0.2) is 48.5 Å². The number of rotatable bonds is 9. The first-order chi connectivity index (χ1) is 15.6. The van der Waals surface area contributed by atoms with Crippen molar-refractivity contribution in [2.45, 2.75) is 39.3 Å². The Morgan fingerprint density at radius 1 is 1.17 bits per heavy atom. The van der Waals surface area contributed by atoms with E-state index in [2.05, 4.69) is 44.6 Å². The maximum Gasteiger partial charge on any atom is 0.216 e. The summed E-state index contributed by atoms with van der Waals surface area (Å²) in [6.45, 7) is 2.82. The van der Waals surface area contributed by atoms with Gasteiger partial charge in [-0.15, -0.1) is 10.2 Å². The Balaban J connectivity index is 1.63. The van der Waals surface area contributed by atoms with Crippen LogP contribution in [0.4, 0.5) is 0 Å². The summed E-state index contributed by atoms with van der Waals surface area (Å²) in [6.07, 6.45) is 2.90. The Morgan fingerprint density at radius 3 is 2.67 bits per heavy atom. The van der Waals surface area contributed by atoms with Crippen molar-refractivity contribution in [1.82, 2.24) is 30.2 Å². The minimum atomic E-state index is 0.0904. The molecule has 154 valence electrons. The maximum absolute atomic E-state index is 7.48. The first-order valence-corrected chi connectivity index (χ1v) is 10.3. The van der Waals surface area contributed by atoms with E-state index in [9.17, 15) is 0 Å². The molecule has 0 bridgehead atoms. The Morgan fingerprint density at radius 2 is 1.97 bits per heavy atom. The highest BCUT2D eigenvalue weighted by Gasteiger charge is 2.16. The van der Waals surface area contributed by atoms with Crippen molar-refractivity contribution in [1.29, 1.82) is 1.43 Å². The molecule has 30 heavy (non-hydrogen) atoms. The van der Waals surface area contributed by atoms with Gasteiger partial charge in [0.25, 0.3) is 0 Å². The van der Waals surface area contributed by atoms with Crippen LogP contribution in [0.25, 0.3) is 22.5 Å². The molecule has 0 saturated carbocycles. The molecule has 0 unspecified atom stereocenters. The maximum atomic E-state index is 7.48. The predicted octanol–water partition coefficient (Wildman–Crippen LogP) is 4.27. The number of halogens is 1. The highest BCUT2D eigenvalue weighted by Crippen LogP contribution is 2.30. The standard InChI is InChI=1S/C22H23ClN6O/c1-2-3-8-20-24-21(23)19(14-30)29(20)13-15-9-11-16(12-10-15)17-6-4-5-7-18(17)22-25-27-28-26-22/h4-7,9-12,30H,2-3,8,13-14H2,1H3,(H,25,26,27,28)/i30D/hD. The molecule has 0 spiro atoms. The number of hydrogen-bond donors (Lipinski definition) is 2. The van der Waals surface area contributed by atoms with E-state index in [1.807, 2.05) is 41.0 Å². The molecule has 0 fully saturated rings. The number of benzene rings is 2. The molecule has 4 aromatic rings. The van der Waals surface area contributed by atoms with Crippen molar-refractivity contribution in [2.75, 3.05) is 0 Å². The number of imidazole rings is 1. The number of hydrogen-bond acceptors (Lipinski definition) is 5. The molecule has 0 aliphatic carbocycles. The van der Waals surface area contributed by atoms with Crippen LogP contribution >= 0.6 is 11.6 Å². The molecule has 0 amide bonds. The third-order valence-corrected chi connectivity index (χ3v) is 5.39. The molecule has 2 heterocycles. The SMILES string of the molecule is [2H]OCc1c(Cl)nc(CCCC)n1Cc1ccc(-c2ccccc2-c2nnn([2H])n2)cc1. The number of tetrazole rings is 1. The van der Waals surface area contributed by atoms with Gasteiger partial charge in [-0.25, -0.2) is 4.98 Å². The Bertz CT molecular complexity index is 1190. The molecular formula is C22H23ClN6O. The second-order valence-corrected chi connectivity index (χ2v) is 7.40. The van der Waals surface area contributed by atoms with Crippen molar-refractivity contribution in [3.63, 3.8) is 0 Å². The monoisotopic (exact) mass is 424 g/mol. The van der Waals surface area contributed by atoms with E-state index in [-0.39, 0.29) is 6.61 Å². The Kier molecular flexibility index (Phi) is 5.45. The van der Waals surface area contributed by atoms with Gasteiger partial charge in [-0.3, -0.25) is 0 Å². The summed E-state index contributed by atoms with van der Waals surface area (Å²) in [5.74, 6) is 1.32. The third kappa shape index (κ3) is 4.13. The molecule has 2 aromatic heterocycles. The summed E-state index contributed by atoms with van der Waals surface area (Å²) < 4.78 is 16.7. The minimum Gasteiger partial charge on any atom is -0.390 e. The number of aliphatic hydroxyl groups is 1. The van der Waals surface area contributed by atoms with Crippen LogP contribution in [0.1, 0.15) is 36.8 Å². The quantitative estimate of drug-likeness (QED) is 0.418. The van der Waals surface area contributed by atoms with Gasteiger partial charge in [-0.05, 0) is 28.3 Å². The number of aromatic nitrogens is 6. The first-order valence-electron chi connectivity index (χ1n) is 10.8. The fraction of sp³-hybridized carbons (Fsp3) is 0.273. The van der Waals surface area contributed by atoms with Gasteiger partial charge in [0.2, 0.25) is 8.67 Å². The lowest BCUT2D eigenvalue weighted by molar-refractivity contribution is 0.271. The van der Waals surface area contributed by atoms with Gasteiger partial charge in [0.05, 0.1) is 12.3 Å². The summed E-state index contributed by atoms with van der Waals surface area (Å²) in [5, 5.41) is 17.3. The average molecular weight is 425 g/mol. The molecular weight excluding hydrogens is 400 g/mol. The summed E-state index contributed by atoms with van der Waals surface area (Å²) in [5.41, 5.74) is 4.59. The van der Waals surface area contributed by atoms with Crippen molar-refractivity contribution < 1.29 is 6.52 Å². The third-order valence-electron chi connectivity index (χ3n) is 5.09. The van der Waals surface area contributed by atoms with Gasteiger partial charge in [-0.1, -0.05) is 73.5 Å². The van der Waals surface area contributed by atoms with Crippen LogP contribution in [-0.4, -0.2) is 36.7 Å². The molecule has 8 heteroatoms. The number of aromatic amines is 1. The summed E-state index contributed by atoms with van der Waals surface area (Å²) >= 11 is 6.33. The zero-order valence-electron chi connectivity index (χ0n) is 18.6.